The molecule has 2 atom stereocenters. The molecule has 0 aliphatic heterocycles. The number of ether oxygens (including phenoxy) is 1. The average Bonchev–Trinajstić information content (AvgIpc) is 3.08. The number of aliphatic hydroxyl groups excluding tert-OH is 1. The minimum absolute atomic E-state index is 0.0582. The lowest BCUT2D eigenvalue weighted by atomic mass is 9.87. The van der Waals surface area contributed by atoms with E-state index in [0.29, 0.717) is 6.42 Å². The largest absolute Gasteiger partial charge is 0.481 e. The van der Waals surface area contributed by atoms with Gasteiger partial charge in [-0.1, -0.05) is 62.4 Å². The van der Waals surface area contributed by atoms with E-state index in [1.165, 1.54) is 0 Å². The molecule has 34 heavy (non-hydrogen) atoms. The molecule has 2 unspecified atom stereocenters. The number of hydrogen-bond acceptors (Lipinski definition) is 5. The molecule has 182 valence electrons. The number of rotatable bonds is 10. The normalized spacial score (nSPS) is 14.5. The molecule has 8 heteroatoms. The van der Waals surface area contributed by atoms with Crippen molar-refractivity contribution in [1.82, 2.24) is 10.6 Å². The van der Waals surface area contributed by atoms with Crippen LogP contribution in [-0.4, -0.2) is 53.5 Å². The number of fused-ring (bicyclic) bond motifs is 3. The first kappa shape index (κ1) is 25.2. The van der Waals surface area contributed by atoms with Crippen LogP contribution in [0.3, 0.4) is 0 Å². The topological polar surface area (TPSA) is 125 Å². The van der Waals surface area contributed by atoms with Crippen molar-refractivity contribution in [2.24, 2.45) is 5.41 Å². The van der Waals surface area contributed by atoms with E-state index in [0.717, 1.165) is 22.3 Å². The Balaban J connectivity index is 1.62. The van der Waals surface area contributed by atoms with Gasteiger partial charge in [0, 0.05) is 12.5 Å². The number of aliphatic carboxylic acids is 1. The van der Waals surface area contributed by atoms with Crippen LogP contribution in [0.15, 0.2) is 48.5 Å². The van der Waals surface area contributed by atoms with Crippen molar-refractivity contribution in [1.29, 1.82) is 0 Å². The number of carboxylic acid groups (broad SMARTS) is 1. The molecular formula is C26H32N2O6. The van der Waals surface area contributed by atoms with E-state index in [-0.39, 0.29) is 19.1 Å². The zero-order chi connectivity index (χ0) is 24.9. The molecule has 0 heterocycles. The average molecular weight is 469 g/mol. The Kier molecular flexibility index (Phi) is 7.94. The second-order valence-corrected chi connectivity index (χ2v) is 9.56. The number of carboxylic acids is 1. The molecule has 1 aliphatic carbocycles. The van der Waals surface area contributed by atoms with Crippen LogP contribution in [0.4, 0.5) is 4.79 Å². The molecule has 2 aromatic carbocycles. The van der Waals surface area contributed by atoms with Crippen molar-refractivity contribution in [3.05, 3.63) is 59.7 Å². The minimum Gasteiger partial charge on any atom is -0.481 e. The van der Waals surface area contributed by atoms with E-state index in [9.17, 15) is 24.6 Å². The molecule has 2 aromatic rings. The highest BCUT2D eigenvalue weighted by atomic mass is 16.5. The Morgan fingerprint density at radius 2 is 1.59 bits per heavy atom. The zero-order valence-electron chi connectivity index (χ0n) is 19.7. The standard InChI is InChI=1S/C26H32N2O6/c1-16(29)13-26(2,3)15-27-24(32)22(12-23(30)31)28-25(33)34-14-21-19-10-6-4-8-17(19)18-9-5-7-11-20(18)21/h4-11,16,21-22,29H,12-15H2,1-3H3,(H,27,32)(H,28,33)(H,30,31). The van der Waals surface area contributed by atoms with Crippen molar-refractivity contribution in [2.45, 2.75) is 51.7 Å². The lowest BCUT2D eigenvalue weighted by Crippen LogP contribution is -2.50. The molecule has 1 aliphatic rings. The first-order chi connectivity index (χ1) is 16.1. The maximum Gasteiger partial charge on any atom is 0.407 e. The van der Waals surface area contributed by atoms with Gasteiger partial charge in [-0.3, -0.25) is 9.59 Å². The fourth-order valence-corrected chi connectivity index (χ4v) is 4.49. The van der Waals surface area contributed by atoms with Crippen molar-refractivity contribution >= 4 is 18.0 Å². The predicted molar refractivity (Wildman–Crippen MR) is 127 cm³/mol. The van der Waals surface area contributed by atoms with E-state index in [2.05, 4.69) is 10.6 Å². The van der Waals surface area contributed by atoms with Crippen molar-refractivity contribution in [3.8, 4) is 11.1 Å². The van der Waals surface area contributed by atoms with E-state index in [4.69, 9.17) is 4.74 Å². The fourth-order valence-electron chi connectivity index (χ4n) is 4.49. The molecule has 0 fully saturated rings. The van der Waals surface area contributed by atoms with Gasteiger partial charge in [0.1, 0.15) is 12.6 Å². The monoisotopic (exact) mass is 468 g/mol. The van der Waals surface area contributed by atoms with Gasteiger partial charge < -0.3 is 25.6 Å². The van der Waals surface area contributed by atoms with Gasteiger partial charge in [0.25, 0.3) is 0 Å². The molecule has 0 spiro atoms. The second kappa shape index (κ2) is 10.7. The van der Waals surface area contributed by atoms with Crippen LogP contribution in [0.2, 0.25) is 0 Å². The van der Waals surface area contributed by atoms with Crippen LogP contribution in [0, 0.1) is 5.41 Å². The van der Waals surface area contributed by atoms with E-state index < -0.39 is 42.0 Å². The van der Waals surface area contributed by atoms with Gasteiger partial charge >= 0.3 is 12.1 Å². The van der Waals surface area contributed by atoms with Crippen molar-refractivity contribution in [2.75, 3.05) is 13.2 Å². The van der Waals surface area contributed by atoms with Crippen LogP contribution in [0.1, 0.15) is 50.7 Å². The molecule has 0 bridgehead atoms. The lowest BCUT2D eigenvalue weighted by Gasteiger charge is -2.27. The summed E-state index contributed by atoms with van der Waals surface area (Å²) >= 11 is 0. The first-order valence-corrected chi connectivity index (χ1v) is 11.4. The molecule has 8 nitrogen and oxygen atoms in total. The van der Waals surface area contributed by atoms with Gasteiger partial charge in [-0.15, -0.1) is 0 Å². The number of aliphatic hydroxyl groups is 1. The summed E-state index contributed by atoms with van der Waals surface area (Å²) in [5.41, 5.74) is 3.89. The number of carbonyl (C=O) groups excluding carboxylic acids is 2. The Bertz CT molecular complexity index is 1000. The second-order valence-electron chi connectivity index (χ2n) is 9.56. The van der Waals surface area contributed by atoms with Gasteiger partial charge in [0.2, 0.25) is 5.91 Å². The maximum absolute atomic E-state index is 12.6. The quantitative estimate of drug-likeness (QED) is 0.424. The number of nitrogens with one attached hydrogen (secondary N) is 2. The van der Waals surface area contributed by atoms with E-state index in [1.807, 2.05) is 62.4 Å². The summed E-state index contributed by atoms with van der Waals surface area (Å²) in [4.78, 5) is 36.4. The van der Waals surface area contributed by atoms with Crippen LogP contribution < -0.4 is 10.6 Å². The van der Waals surface area contributed by atoms with Gasteiger partial charge in [0.05, 0.1) is 12.5 Å². The summed E-state index contributed by atoms with van der Waals surface area (Å²) in [5, 5.41) is 23.9. The van der Waals surface area contributed by atoms with Crippen LogP contribution in [0.5, 0.6) is 0 Å². The number of hydrogen-bond donors (Lipinski definition) is 4. The third kappa shape index (κ3) is 6.35. The Labute approximate surface area is 199 Å². The van der Waals surface area contributed by atoms with Gasteiger partial charge in [0.15, 0.2) is 0 Å². The van der Waals surface area contributed by atoms with Crippen molar-refractivity contribution < 1.29 is 29.3 Å². The highest BCUT2D eigenvalue weighted by Crippen LogP contribution is 2.44. The summed E-state index contributed by atoms with van der Waals surface area (Å²) in [6.07, 6.45) is -1.52. The summed E-state index contributed by atoms with van der Waals surface area (Å²) < 4.78 is 5.44. The van der Waals surface area contributed by atoms with Crippen LogP contribution >= 0.6 is 0 Å². The summed E-state index contributed by atoms with van der Waals surface area (Å²) in [6.45, 7) is 5.70. The zero-order valence-corrected chi connectivity index (χ0v) is 19.7. The minimum atomic E-state index is -1.28. The third-order valence-electron chi connectivity index (χ3n) is 5.92. The fraction of sp³-hybridized carbons (Fsp3) is 0.423. The summed E-state index contributed by atoms with van der Waals surface area (Å²) in [7, 11) is 0. The third-order valence-corrected chi connectivity index (χ3v) is 5.92. The molecule has 0 saturated carbocycles. The van der Waals surface area contributed by atoms with Gasteiger partial charge in [-0.25, -0.2) is 4.79 Å². The summed E-state index contributed by atoms with van der Waals surface area (Å²) in [5.74, 6) is -1.98. The highest BCUT2D eigenvalue weighted by Gasteiger charge is 2.31. The molecule has 0 radical (unpaired) electrons. The van der Waals surface area contributed by atoms with Crippen molar-refractivity contribution in [3.63, 3.8) is 0 Å². The molecule has 0 aromatic heterocycles. The SMILES string of the molecule is CC(O)CC(C)(C)CNC(=O)C(CC(=O)O)NC(=O)OCC1c2ccccc2-c2ccccc21. The van der Waals surface area contributed by atoms with Crippen LogP contribution in [0.25, 0.3) is 11.1 Å². The smallest absolute Gasteiger partial charge is 0.407 e. The molecule has 2 amide bonds. The predicted octanol–water partition coefficient (Wildman–Crippen LogP) is 3.28. The Hall–Kier alpha value is -3.39. The van der Waals surface area contributed by atoms with Gasteiger partial charge in [-0.2, -0.15) is 0 Å². The number of carbonyl (C=O) groups is 3. The van der Waals surface area contributed by atoms with Crippen LogP contribution in [-0.2, 0) is 14.3 Å². The number of benzene rings is 2. The molecular weight excluding hydrogens is 436 g/mol. The van der Waals surface area contributed by atoms with E-state index in [1.54, 1.807) is 6.92 Å². The Morgan fingerprint density at radius 1 is 1.03 bits per heavy atom. The van der Waals surface area contributed by atoms with E-state index >= 15 is 0 Å². The Morgan fingerprint density at radius 3 is 2.12 bits per heavy atom. The molecule has 4 N–H and O–H groups in total. The highest BCUT2D eigenvalue weighted by molar-refractivity contribution is 5.89. The first-order valence-electron chi connectivity index (χ1n) is 11.4. The molecule has 3 rings (SSSR count). The lowest BCUT2D eigenvalue weighted by molar-refractivity contribution is -0.139. The number of alkyl carbamates (subject to hydrolysis) is 1. The van der Waals surface area contributed by atoms with Gasteiger partial charge in [-0.05, 0) is 41.0 Å². The molecule has 0 saturated heterocycles. The maximum atomic E-state index is 12.6. The summed E-state index contributed by atoms with van der Waals surface area (Å²) in [6, 6.07) is 14.6. The number of amides is 2.